The van der Waals surface area contributed by atoms with Crippen LogP contribution in [0.4, 0.5) is 5.69 Å². The van der Waals surface area contributed by atoms with Gasteiger partial charge in [-0.1, -0.05) is 27.7 Å². The Labute approximate surface area is 132 Å². The predicted molar refractivity (Wildman–Crippen MR) is 92.0 cm³/mol. The molecule has 0 atom stereocenters. The lowest BCUT2D eigenvalue weighted by Crippen LogP contribution is -2.15. The van der Waals surface area contributed by atoms with Crippen molar-refractivity contribution in [3.05, 3.63) is 35.0 Å². The number of pyridine rings is 1. The van der Waals surface area contributed by atoms with Crippen LogP contribution in [0.15, 0.2) is 18.2 Å². The Morgan fingerprint density at radius 1 is 1.27 bits per heavy atom. The maximum Gasteiger partial charge on any atom is 0.180 e. The summed E-state index contributed by atoms with van der Waals surface area (Å²) in [4.78, 5) is 19.1. The van der Waals surface area contributed by atoms with E-state index in [9.17, 15) is 4.79 Å². The van der Waals surface area contributed by atoms with E-state index >= 15 is 0 Å². The van der Waals surface area contributed by atoms with Gasteiger partial charge in [-0.25, -0.2) is 4.98 Å². The molecule has 3 heteroatoms. The number of carbonyl (C=O) groups excluding carboxylic acids is 1. The number of ketones is 1. The van der Waals surface area contributed by atoms with Gasteiger partial charge in [-0.15, -0.1) is 0 Å². The molecule has 2 aromatic rings. The van der Waals surface area contributed by atoms with Crippen molar-refractivity contribution in [3.63, 3.8) is 0 Å². The van der Waals surface area contributed by atoms with Crippen LogP contribution in [0.5, 0.6) is 0 Å². The molecule has 2 heterocycles. The highest BCUT2D eigenvalue weighted by molar-refractivity contribution is 5.98. The highest BCUT2D eigenvalue weighted by Crippen LogP contribution is 2.36. The summed E-state index contributed by atoms with van der Waals surface area (Å²) in [5, 5.41) is 1.17. The van der Waals surface area contributed by atoms with Gasteiger partial charge in [0.25, 0.3) is 0 Å². The monoisotopic (exact) mass is 296 g/mol. The number of aromatic nitrogens is 1. The molecule has 0 spiro atoms. The average Bonchev–Trinajstić information content (AvgIpc) is 2.82. The van der Waals surface area contributed by atoms with Crippen molar-refractivity contribution in [2.75, 3.05) is 18.5 Å². The summed E-state index contributed by atoms with van der Waals surface area (Å²) >= 11 is 0. The van der Waals surface area contributed by atoms with Gasteiger partial charge in [-0.3, -0.25) is 4.79 Å². The van der Waals surface area contributed by atoms with Gasteiger partial charge in [0, 0.05) is 31.1 Å². The Kier molecular flexibility index (Phi) is 3.47. The fourth-order valence-corrected chi connectivity index (χ4v) is 3.21. The molecule has 1 aliphatic rings. The van der Waals surface area contributed by atoms with Crippen molar-refractivity contribution in [2.24, 2.45) is 0 Å². The van der Waals surface area contributed by atoms with Crippen LogP contribution in [0.3, 0.4) is 0 Å². The van der Waals surface area contributed by atoms with Crippen molar-refractivity contribution in [1.29, 1.82) is 0 Å². The Bertz CT molecular complexity index is 756. The summed E-state index contributed by atoms with van der Waals surface area (Å²) in [6, 6.07) is 6.43. The number of hydrogen-bond donors (Lipinski definition) is 0. The smallest absolute Gasteiger partial charge is 0.180 e. The Balaban J connectivity index is 2.33. The van der Waals surface area contributed by atoms with Gasteiger partial charge >= 0.3 is 0 Å². The second-order valence-corrected chi connectivity index (χ2v) is 7.25. The molecule has 0 N–H and O–H groups in total. The van der Waals surface area contributed by atoms with Crippen LogP contribution in [0.1, 0.15) is 55.7 Å². The van der Waals surface area contributed by atoms with Crippen molar-refractivity contribution >= 4 is 22.4 Å². The highest BCUT2D eigenvalue weighted by Gasteiger charge is 2.23. The van der Waals surface area contributed by atoms with Crippen molar-refractivity contribution in [1.82, 2.24) is 4.98 Å². The third-order valence-electron chi connectivity index (χ3n) is 4.55. The van der Waals surface area contributed by atoms with E-state index < -0.39 is 0 Å². The zero-order valence-corrected chi connectivity index (χ0v) is 14.2. The predicted octanol–water partition coefficient (Wildman–Crippen LogP) is 4.12. The van der Waals surface area contributed by atoms with Crippen molar-refractivity contribution in [3.8, 4) is 0 Å². The van der Waals surface area contributed by atoms with Crippen LogP contribution in [0.25, 0.3) is 10.9 Å². The maximum absolute atomic E-state index is 12.2. The van der Waals surface area contributed by atoms with Gasteiger partial charge in [0.1, 0.15) is 5.69 Å². The van der Waals surface area contributed by atoms with Crippen LogP contribution in [-0.2, 0) is 11.8 Å². The van der Waals surface area contributed by atoms with E-state index in [0.717, 1.165) is 18.5 Å². The molecule has 22 heavy (non-hydrogen) atoms. The minimum Gasteiger partial charge on any atom is -0.374 e. The van der Waals surface area contributed by atoms with Gasteiger partial charge in [-0.2, -0.15) is 0 Å². The van der Waals surface area contributed by atoms with E-state index in [1.54, 1.807) is 0 Å². The fourth-order valence-electron chi connectivity index (χ4n) is 3.21. The van der Waals surface area contributed by atoms with Gasteiger partial charge < -0.3 is 4.90 Å². The zero-order chi connectivity index (χ0) is 16.1. The first-order valence-electron chi connectivity index (χ1n) is 8.03. The quantitative estimate of drug-likeness (QED) is 0.782. The molecule has 0 unspecified atom stereocenters. The molecule has 1 aromatic carbocycles. The summed E-state index contributed by atoms with van der Waals surface area (Å²) in [6.45, 7) is 9.52. The normalized spacial score (nSPS) is 14.5. The topological polar surface area (TPSA) is 33.2 Å². The van der Waals surface area contributed by atoms with E-state index in [0.29, 0.717) is 12.1 Å². The lowest BCUT2D eigenvalue weighted by atomic mass is 9.83. The lowest BCUT2D eigenvalue weighted by Gasteiger charge is -2.23. The van der Waals surface area contributed by atoms with E-state index in [4.69, 9.17) is 0 Å². The van der Waals surface area contributed by atoms with E-state index in [1.807, 2.05) is 13.0 Å². The van der Waals surface area contributed by atoms with Crippen molar-refractivity contribution < 1.29 is 4.79 Å². The minimum atomic E-state index is -0.0185. The molecule has 1 aliphatic heterocycles. The van der Waals surface area contributed by atoms with Crippen LogP contribution in [0.2, 0.25) is 0 Å². The number of benzene rings is 1. The number of likely N-dealkylation sites (N-methyl/N-ethyl adjacent to an activating group) is 1. The SMILES string of the molecule is CCC(=O)c1cc(C(C)(C)C)c2cc3c(cc2n1)CCN3C. The van der Waals surface area contributed by atoms with Crippen LogP contribution in [-0.4, -0.2) is 24.4 Å². The van der Waals surface area contributed by atoms with Crippen molar-refractivity contribution in [2.45, 2.75) is 46.0 Å². The molecule has 3 nitrogen and oxygen atoms in total. The number of Topliss-reactive ketones (excluding diaryl/α,β-unsaturated/α-hetero) is 1. The van der Waals surface area contributed by atoms with Crippen LogP contribution < -0.4 is 4.90 Å². The van der Waals surface area contributed by atoms with Gasteiger partial charge in [0.2, 0.25) is 0 Å². The molecule has 1 aromatic heterocycles. The molecule has 0 saturated carbocycles. The summed E-state index contributed by atoms with van der Waals surface area (Å²) in [5.74, 6) is 0.116. The Morgan fingerprint density at radius 3 is 2.64 bits per heavy atom. The first-order valence-corrected chi connectivity index (χ1v) is 8.03. The largest absolute Gasteiger partial charge is 0.374 e. The average molecular weight is 296 g/mol. The minimum absolute atomic E-state index is 0.0185. The number of nitrogens with zero attached hydrogens (tertiary/aromatic N) is 2. The second-order valence-electron chi connectivity index (χ2n) is 7.25. The molecule has 0 fully saturated rings. The number of carbonyl (C=O) groups is 1. The molecule has 0 bridgehead atoms. The van der Waals surface area contributed by atoms with Gasteiger partial charge in [0.05, 0.1) is 5.52 Å². The van der Waals surface area contributed by atoms with E-state index in [2.05, 4.69) is 49.8 Å². The Hall–Kier alpha value is -1.90. The van der Waals surface area contributed by atoms with Gasteiger partial charge in [0.15, 0.2) is 5.78 Å². The zero-order valence-electron chi connectivity index (χ0n) is 14.2. The van der Waals surface area contributed by atoms with E-state index in [-0.39, 0.29) is 11.2 Å². The van der Waals surface area contributed by atoms with Crippen LogP contribution in [0, 0.1) is 0 Å². The molecule has 0 saturated heterocycles. The molecule has 0 aliphatic carbocycles. The van der Waals surface area contributed by atoms with E-state index in [1.165, 1.54) is 22.2 Å². The maximum atomic E-state index is 12.2. The summed E-state index contributed by atoms with van der Waals surface area (Å²) in [6.07, 6.45) is 1.55. The third-order valence-corrected chi connectivity index (χ3v) is 4.55. The first-order chi connectivity index (χ1) is 10.3. The number of anilines is 1. The number of fused-ring (bicyclic) bond motifs is 2. The van der Waals surface area contributed by atoms with Gasteiger partial charge in [-0.05, 0) is 41.2 Å². The lowest BCUT2D eigenvalue weighted by molar-refractivity contribution is 0.0983. The molecule has 116 valence electrons. The molecule has 0 radical (unpaired) electrons. The standard InChI is InChI=1S/C19H24N2O/c1-6-18(22)16-11-14(19(2,3)4)13-10-17-12(7-8-21(17)5)9-15(13)20-16/h9-11H,6-8H2,1-5H3. The second kappa shape index (κ2) is 5.08. The fraction of sp³-hybridized carbons (Fsp3) is 0.474. The first kappa shape index (κ1) is 15.0. The van der Waals surface area contributed by atoms with Crippen LogP contribution >= 0.6 is 0 Å². The number of hydrogen-bond acceptors (Lipinski definition) is 3. The summed E-state index contributed by atoms with van der Waals surface area (Å²) < 4.78 is 0. The molecular formula is C19H24N2O. The summed E-state index contributed by atoms with van der Waals surface area (Å²) in [5.41, 5.74) is 5.38. The molecular weight excluding hydrogens is 272 g/mol. The highest BCUT2D eigenvalue weighted by atomic mass is 16.1. The summed E-state index contributed by atoms with van der Waals surface area (Å²) in [7, 11) is 2.14. The number of rotatable bonds is 2. The molecule has 3 rings (SSSR count). The Morgan fingerprint density at radius 2 is 2.00 bits per heavy atom. The molecule has 0 amide bonds. The third kappa shape index (κ3) is 2.39.